The van der Waals surface area contributed by atoms with Crippen LogP contribution in [0.15, 0.2) is 12.3 Å². The fourth-order valence-electron chi connectivity index (χ4n) is 0.852. The molecule has 0 N–H and O–H groups in total. The first-order chi connectivity index (χ1) is 6.31. The van der Waals surface area contributed by atoms with E-state index in [4.69, 9.17) is 4.74 Å². The van der Waals surface area contributed by atoms with Crippen LogP contribution >= 0.6 is 0 Å². The van der Waals surface area contributed by atoms with Crippen LogP contribution in [0.25, 0.3) is 0 Å². The number of methoxy groups -OCH3 is 1. The molecule has 0 amide bonds. The first-order valence-corrected chi connectivity index (χ1v) is 4.67. The van der Waals surface area contributed by atoms with Crippen LogP contribution < -0.4 is 0 Å². The monoisotopic (exact) mass is 186 g/mol. The van der Waals surface area contributed by atoms with Crippen molar-refractivity contribution in [2.24, 2.45) is 0 Å². The Labute approximate surface area is 79.7 Å². The topological polar surface area (TPSA) is 35.5 Å². The van der Waals surface area contributed by atoms with E-state index in [0.29, 0.717) is 6.61 Å². The lowest BCUT2D eigenvalue weighted by atomic mass is 10.2. The Morgan fingerprint density at radius 3 is 2.69 bits per heavy atom. The summed E-state index contributed by atoms with van der Waals surface area (Å²) in [7, 11) is 1.34. The highest BCUT2D eigenvalue weighted by atomic mass is 16.5. The summed E-state index contributed by atoms with van der Waals surface area (Å²) in [5, 5.41) is 0. The molecule has 3 heteroatoms. The van der Waals surface area contributed by atoms with Gasteiger partial charge in [0, 0.05) is 0 Å². The largest absolute Gasteiger partial charge is 0.501 e. The van der Waals surface area contributed by atoms with Crippen LogP contribution in [-0.2, 0) is 14.3 Å². The normalized spacial score (nSPS) is 10.3. The molecule has 0 unspecified atom stereocenters. The summed E-state index contributed by atoms with van der Waals surface area (Å²) in [5.41, 5.74) is 0. The summed E-state index contributed by atoms with van der Waals surface area (Å²) < 4.78 is 9.46. The highest BCUT2D eigenvalue weighted by molar-refractivity contribution is 5.81. The van der Waals surface area contributed by atoms with Gasteiger partial charge in [-0.3, -0.25) is 0 Å². The summed E-state index contributed by atoms with van der Waals surface area (Å²) in [5.74, 6) is -0.381. The number of hydrogen-bond acceptors (Lipinski definition) is 3. The highest BCUT2D eigenvalue weighted by Gasteiger charge is 1.90. The van der Waals surface area contributed by atoms with Crippen molar-refractivity contribution < 1.29 is 14.3 Å². The second-order valence-corrected chi connectivity index (χ2v) is 2.76. The van der Waals surface area contributed by atoms with Crippen LogP contribution in [0.1, 0.15) is 32.6 Å². The van der Waals surface area contributed by atoms with E-state index >= 15 is 0 Å². The van der Waals surface area contributed by atoms with E-state index in [0.717, 1.165) is 6.42 Å². The van der Waals surface area contributed by atoms with Gasteiger partial charge in [0.15, 0.2) is 0 Å². The molecule has 13 heavy (non-hydrogen) atoms. The Balaban J connectivity index is 3.15. The predicted molar refractivity (Wildman–Crippen MR) is 51.3 cm³/mol. The summed E-state index contributed by atoms with van der Waals surface area (Å²) >= 11 is 0. The van der Waals surface area contributed by atoms with Crippen LogP contribution in [0.3, 0.4) is 0 Å². The van der Waals surface area contributed by atoms with Gasteiger partial charge in [-0.25, -0.2) is 4.79 Å². The molecule has 0 radical (unpaired) electrons. The lowest BCUT2D eigenvalue weighted by Crippen LogP contribution is -1.95. The zero-order valence-corrected chi connectivity index (χ0v) is 8.41. The molecular formula is C10H18O3. The molecule has 0 spiro atoms. The molecule has 0 fully saturated rings. The molecule has 0 aromatic rings. The van der Waals surface area contributed by atoms with Crippen LogP contribution in [0.2, 0.25) is 0 Å². The third-order valence-electron chi connectivity index (χ3n) is 1.62. The maximum absolute atomic E-state index is 10.6. The van der Waals surface area contributed by atoms with E-state index < -0.39 is 0 Å². The van der Waals surface area contributed by atoms with E-state index in [1.54, 1.807) is 0 Å². The lowest BCUT2D eigenvalue weighted by molar-refractivity contribution is -0.134. The molecule has 0 heterocycles. The Kier molecular flexibility index (Phi) is 8.41. The molecule has 0 aromatic carbocycles. The number of carbonyl (C=O) groups is 1. The Bertz CT molecular complexity index is 152. The van der Waals surface area contributed by atoms with Gasteiger partial charge in [-0.2, -0.15) is 0 Å². The summed E-state index contributed by atoms with van der Waals surface area (Å²) in [4.78, 5) is 10.6. The average Bonchev–Trinajstić information content (AvgIpc) is 2.16. The molecule has 0 saturated heterocycles. The zero-order chi connectivity index (χ0) is 9.94. The van der Waals surface area contributed by atoms with Gasteiger partial charge < -0.3 is 9.47 Å². The van der Waals surface area contributed by atoms with Crippen molar-refractivity contribution in [2.45, 2.75) is 32.6 Å². The molecule has 0 aliphatic carbocycles. The van der Waals surface area contributed by atoms with Gasteiger partial charge in [0.25, 0.3) is 0 Å². The van der Waals surface area contributed by atoms with Gasteiger partial charge in [0.05, 0.1) is 26.1 Å². The SMILES string of the molecule is CCCCCCOC=CC(=O)OC. The van der Waals surface area contributed by atoms with Gasteiger partial charge in [-0.1, -0.05) is 26.2 Å². The van der Waals surface area contributed by atoms with Crippen molar-refractivity contribution in [3.05, 3.63) is 12.3 Å². The molecule has 3 nitrogen and oxygen atoms in total. The molecular weight excluding hydrogens is 168 g/mol. The molecule has 0 aromatic heterocycles. The summed E-state index contributed by atoms with van der Waals surface area (Å²) in [6.45, 7) is 2.84. The second-order valence-electron chi connectivity index (χ2n) is 2.76. The first kappa shape index (κ1) is 12.0. The van der Waals surface area contributed by atoms with Crippen molar-refractivity contribution in [3.63, 3.8) is 0 Å². The van der Waals surface area contributed by atoms with Crippen LogP contribution in [0, 0.1) is 0 Å². The smallest absolute Gasteiger partial charge is 0.333 e. The maximum Gasteiger partial charge on any atom is 0.333 e. The molecule has 0 rings (SSSR count). The van der Waals surface area contributed by atoms with Crippen LogP contribution in [0.5, 0.6) is 0 Å². The zero-order valence-electron chi connectivity index (χ0n) is 8.41. The van der Waals surface area contributed by atoms with E-state index in [2.05, 4.69) is 11.7 Å². The van der Waals surface area contributed by atoms with Crippen molar-refractivity contribution in [1.29, 1.82) is 0 Å². The standard InChI is InChI=1S/C10H18O3/c1-3-4-5-6-8-13-9-7-10(11)12-2/h7,9H,3-6,8H2,1-2H3. The number of rotatable bonds is 7. The number of carbonyl (C=O) groups excluding carboxylic acids is 1. The van der Waals surface area contributed by atoms with Gasteiger partial charge in [0.1, 0.15) is 0 Å². The van der Waals surface area contributed by atoms with E-state index in [-0.39, 0.29) is 5.97 Å². The van der Waals surface area contributed by atoms with E-state index in [9.17, 15) is 4.79 Å². The fraction of sp³-hybridized carbons (Fsp3) is 0.700. The third kappa shape index (κ3) is 8.92. The van der Waals surface area contributed by atoms with Crippen LogP contribution in [-0.4, -0.2) is 19.7 Å². The number of ether oxygens (including phenoxy) is 2. The minimum Gasteiger partial charge on any atom is -0.501 e. The van der Waals surface area contributed by atoms with Gasteiger partial charge >= 0.3 is 5.97 Å². The molecule has 0 atom stereocenters. The summed E-state index contributed by atoms with van der Waals surface area (Å²) in [6.07, 6.45) is 7.35. The second kappa shape index (κ2) is 9.10. The van der Waals surface area contributed by atoms with E-state index in [1.165, 1.54) is 38.7 Å². The molecule has 0 saturated carbocycles. The number of hydrogen-bond donors (Lipinski definition) is 0. The predicted octanol–water partition coefficient (Wildman–Crippen LogP) is 2.27. The molecule has 76 valence electrons. The van der Waals surface area contributed by atoms with Gasteiger partial charge in [-0.05, 0) is 6.42 Å². The van der Waals surface area contributed by atoms with Gasteiger partial charge in [0.2, 0.25) is 0 Å². The first-order valence-electron chi connectivity index (χ1n) is 4.67. The number of esters is 1. The van der Waals surface area contributed by atoms with Crippen molar-refractivity contribution >= 4 is 5.97 Å². The van der Waals surface area contributed by atoms with Gasteiger partial charge in [-0.15, -0.1) is 0 Å². The quantitative estimate of drug-likeness (QED) is 0.265. The molecule has 0 aliphatic rings. The highest BCUT2D eigenvalue weighted by Crippen LogP contribution is 1.98. The van der Waals surface area contributed by atoms with Crippen LogP contribution in [0.4, 0.5) is 0 Å². The maximum atomic E-state index is 10.6. The number of unbranched alkanes of at least 4 members (excludes halogenated alkanes) is 3. The minimum absolute atomic E-state index is 0.381. The Hall–Kier alpha value is -0.990. The van der Waals surface area contributed by atoms with Crippen molar-refractivity contribution in [1.82, 2.24) is 0 Å². The van der Waals surface area contributed by atoms with Crippen molar-refractivity contribution in [3.8, 4) is 0 Å². The average molecular weight is 186 g/mol. The minimum atomic E-state index is -0.381. The van der Waals surface area contributed by atoms with E-state index in [1.807, 2.05) is 0 Å². The fourth-order valence-corrected chi connectivity index (χ4v) is 0.852. The molecule has 0 aliphatic heterocycles. The van der Waals surface area contributed by atoms with Crippen molar-refractivity contribution in [2.75, 3.05) is 13.7 Å². The molecule has 0 bridgehead atoms. The summed E-state index contributed by atoms with van der Waals surface area (Å²) in [6, 6.07) is 0. The Morgan fingerprint density at radius 1 is 1.31 bits per heavy atom. The lowest BCUT2D eigenvalue weighted by Gasteiger charge is -1.99. The third-order valence-corrected chi connectivity index (χ3v) is 1.62. The Morgan fingerprint density at radius 2 is 2.08 bits per heavy atom.